The Morgan fingerprint density at radius 1 is 1.00 bits per heavy atom. The zero-order chi connectivity index (χ0) is 16.9. The van der Waals surface area contributed by atoms with Crippen LogP contribution in [-0.4, -0.2) is 36.6 Å². The van der Waals surface area contributed by atoms with E-state index in [1.54, 1.807) is 35.2 Å². The third-order valence-corrected chi connectivity index (χ3v) is 7.36. The fourth-order valence-corrected chi connectivity index (χ4v) is 6.01. The molecule has 2 aliphatic rings. The zero-order valence-electron chi connectivity index (χ0n) is 12.7. The first-order valence-electron chi connectivity index (χ1n) is 7.68. The van der Waals surface area contributed by atoms with Crippen LogP contribution in [0.4, 0.5) is 0 Å². The highest BCUT2D eigenvalue weighted by atomic mass is 79.9. The number of sulfonamides is 1. The van der Waals surface area contributed by atoms with Crippen LogP contribution in [0.2, 0.25) is 0 Å². The van der Waals surface area contributed by atoms with Crippen molar-refractivity contribution in [2.24, 2.45) is 0 Å². The van der Waals surface area contributed by atoms with Crippen molar-refractivity contribution in [2.45, 2.75) is 17.5 Å². The van der Waals surface area contributed by atoms with Gasteiger partial charge in [-0.3, -0.25) is 4.79 Å². The zero-order valence-corrected chi connectivity index (χ0v) is 15.1. The molecule has 5 nitrogen and oxygen atoms in total. The smallest absolute Gasteiger partial charge is 0.255 e. The first-order valence-corrected chi connectivity index (χ1v) is 9.91. The number of nitrogens with zero attached hydrogens (tertiary/aromatic N) is 2. The molecule has 0 saturated carbocycles. The number of fused-ring (bicyclic) bond motifs is 3. The Balaban J connectivity index is 1.85. The summed E-state index contributed by atoms with van der Waals surface area (Å²) in [5.74, 6) is -0.0948. The Morgan fingerprint density at radius 3 is 2.50 bits per heavy atom. The lowest BCUT2D eigenvalue weighted by atomic mass is 10.1. The second-order valence-electron chi connectivity index (χ2n) is 5.86. The minimum Gasteiger partial charge on any atom is -0.318 e. The number of halogens is 1. The third-order valence-electron chi connectivity index (χ3n) is 4.50. The summed E-state index contributed by atoms with van der Waals surface area (Å²) >= 11 is 3.33. The van der Waals surface area contributed by atoms with Crippen LogP contribution in [0.15, 0.2) is 57.9 Å². The summed E-state index contributed by atoms with van der Waals surface area (Å²) in [6, 6.07) is 14.0. The molecule has 2 heterocycles. The largest absolute Gasteiger partial charge is 0.318 e. The topological polar surface area (TPSA) is 57.7 Å². The molecule has 0 radical (unpaired) electrons. The SMILES string of the molecule is O=C1c2ccccc2C2N1CCCN2S(=O)(=O)c1ccccc1Br. The Morgan fingerprint density at radius 2 is 1.71 bits per heavy atom. The molecule has 0 aromatic heterocycles. The third kappa shape index (κ3) is 2.22. The molecule has 0 spiro atoms. The number of amides is 1. The van der Waals surface area contributed by atoms with Gasteiger partial charge in [-0.2, -0.15) is 4.31 Å². The van der Waals surface area contributed by atoms with Gasteiger partial charge in [-0.05, 0) is 40.5 Å². The van der Waals surface area contributed by atoms with Gasteiger partial charge in [-0.15, -0.1) is 0 Å². The van der Waals surface area contributed by atoms with E-state index >= 15 is 0 Å². The lowest BCUT2D eigenvalue weighted by Gasteiger charge is -2.39. The fraction of sp³-hybridized carbons (Fsp3) is 0.235. The predicted octanol–water partition coefficient (Wildman–Crippen LogP) is 3.00. The highest BCUT2D eigenvalue weighted by molar-refractivity contribution is 9.10. The molecular formula is C17H15BrN2O3S. The lowest BCUT2D eigenvalue weighted by molar-refractivity contribution is 0.0470. The van der Waals surface area contributed by atoms with E-state index in [0.29, 0.717) is 29.5 Å². The summed E-state index contributed by atoms with van der Waals surface area (Å²) in [4.78, 5) is 14.5. The van der Waals surface area contributed by atoms with Gasteiger partial charge in [0, 0.05) is 28.7 Å². The second-order valence-corrected chi connectivity index (χ2v) is 8.57. The average Bonchev–Trinajstić information content (AvgIpc) is 2.88. The summed E-state index contributed by atoms with van der Waals surface area (Å²) in [6.07, 6.45) is 0.0689. The van der Waals surface area contributed by atoms with E-state index in [1.807, 2.05) is 18.2 Å². The van der Waals surface area contributed by atoms with Crippen molar-refractivity contribution in [1.29, 1.82) is 0 Å². The number of hydrogen-bond acceptors (Lipinski definition) is 3. The number of carbonyl (C=O) groups excluding carboxylic acids is 1. The van der Waals surface area contributed by atoms with E-state index in [4.69, 9.17) is 0 Å². The van der Waals surface area contributed by atoms with Gasteiger partial charge in [0.05, 0.1) is 4.90 Å². The second kappa shape index (κ2) is 5.68. The van der Waals surface area contributed by atoms with Crippen LogP contribution in [0.3, 0.4) is 0 Å². The van der Waals surface area contributed by atoms with Gasteiger partial charge in [-0.25, -0.2) is 8.42 Å². The van der Waals surface area contributed by atoms with Crippen molar-refractivity contribution < 1.29 is 13.2 Å². The Bertz CT molecular complexity index is 929. The molecule has 1 atom stereocenters. The molecule has 7 heteroatoms. The highest BCUT2D eigenvalue weighted by Gasteiger charge is 2.46. The number of benzene rings is 2. The molecule has 24 heavy (non-hydrogen) atoms. The normalized spacial score (nSPS) is 20.8. The standard InChI is InChI=1S/C17H15BrN2O3S/c18-14-8-3-4-9-15(14)24(22,23)20-11-5-10-19-16(20)12-6-1-2-7-13(12)17(19)21/h1-4,6-9,16H,5,10-11H2. The van der Waals surface area contributed by atoms with Crippen LogP contribution in [0, 0.1) is 0 Å². The van der Waals surface area contributed by atoms with E-state index in [2.05, 4.69) is 15.9 Å². The van der Waals surface area contributed by atoms with Crippen LogP contribution in [-0.2, 0) is 10.0 Å². The minimum atomic E-state index is -3.72. The summed E-state index contributed by atoms with van der Waals surface area (Å²) in [7, 11) is -3.72. The monoisotopic (exact) mass is 406 g/mol. The molecule has 4 rings (SSSR count). The van der Waals surface area contributed by atoms with E-state index in [1.165, 1.54) is 4.31 Å². The molecule has 1 unspecified atom stereocenters. The van der Waals surface area contributed by atoms with Crippen LogP contribution >= 0.6 is 15.9 Å². The van der Waals surface area contributed by atoms with Crippen LogP contribution in [0.5, 0.6) is 0 Å². The van der Waals surface area contributed by atoms with Crippen molar-refractivity contribution in [3.63, 3.8) is 0 Å². The van der Waals surface area contributed by atoms with Gasteiger partial charge in [0.2, 0.25) is 10.0 Å². The first-order chi connectivity index (χ1) is 11.5. The number of hydrogen-bond donors (Lipinski definition) is 0. The van der Waals surface area contributed by atoms with Gasteiger partial charge in [0.15, 0.2) is 0 Å². The van der Waals surface area contributed by atoms with Gasteiger partial charge in [-0.1, -0.05) is 30.3 Å². The summed E-state index contributed by atoms with van der Waals surface area (Å²) < 4.78 is 28.4. The van der Waals surface area contributed by atoms with Crippen molar-refractivity contribution in [1.82, 2.24) is 9.21 Å². The first kappa shape index (κ1) is 15.8. The van der Waals surface area contributed by atoms with Crippen molar-refractivity contribution >= 4 is 31.9 Å². The maximum absolute atomic E-state index is 13.2. The van der Waals surface area contributed by atoms with Gasteiger partial charge >= 0.3 is 0 Å². The van der Waals surface area contributed by atoms with Crippen molar-refractivity contribution in [3.8, 4) is 0 Å². The molecule has 1 saturated heterocycles. The predicted molar refractivity (Wildman–Crippen MR) is 92.9 cm³/mol. The molecule has 0 bridgehead atoms. The molecule has 124 valence electrons. The van der Waals surface area contributed by atoms with Crippen molar-refractivity contribution in [2.75, 3.05) is 13.1 Å². The van der Waals surface area contributed by atoms with Crippen LogP contribution in [0.25, 0.3) is 0 Å². The fourth-order valence-electron chi connectivity index (χ4n) is 3.44. The number of carbonyl (C=O) groups is 1. The van der Waals surface area contributed by atoms with Crippen LogP contribution in [0.1, 0.15) is 28.5 Å². The maximum Gasteiger partial charge on any atom is 0.255 e. The minimum absolute atomic E-state index is 0.0948. The maximum atomic E-state index is 13.2. The summed E-state index contributed by atoms with van der Waals surface area (Å²) in [5.41, 5.74) is 1.36. The van der Waals surface area contributed by atoms with Crippen molar-refractivity contribution in [3.05, 3.63) is 64.1 Å². The van der Waals surface area contributed by atoms with Crippen LogP contribution < -0.4 is 0 Å². The van der Waals surface area contributed by atoms with E-state index in [-0.39, 0.29) is 10.8 Å². The quantitative estimate of drug-likeness (QED) is 0.769. The molecule has 1 fully saturated rings. The summed E-state index contributed by atoms with van der Waals surface area (Å²) in [6.45, 7) is 0.965. The van der Waals surface area contributed by atoms with Gasteiger partial charge in [0.25, 0.3) is 5.91 Å². The molecule has 2 aliphatic heterocycles. The molecule has 2 aromatic carbocycles. The molecule has 1 amide bonds. The summed E-state index contributed by atoms with van der Waals surface area (Å²) in [5, 5.41) is 0. The lowest BCUT2D eigenvalue weighted by Crippen LogP contribution is -2.48. The van der Waals surface area contributed by atoms with E-state index < -0.39 is 16.2 Å². The van der Waals surface area contributed by atoms with E-state index in [9.17, 15) is 13.2 Å². The van der Waals surface area contributed by atoms with Gasteiger partial charge in [0.1, 0.15) is 6.17 Å². The average molecular weight is 407 g/mol. The number of rotatable bonds is 2. The molecule has 0 aliphatic carbocycles. The Labute approximate surface area is 149 Å². The Hall–Kier alpha value is -1.70. The molecule has 0 N–H and O–H groups in total. The molecular weight excluding hydrogens is 392 g/mol. The highest BCUT2D eigenvalue weighted by Crippen LogP contribution is 2.41. The Kier molecular flexibility index (Phi) is 3.74. The van der Waals surface area contributed by atoms with E-state index in [0.717, 1.165) is 5.56 Å². The van der Waals surface area contributed by atoms with Gasteiger partial charge < -0.3 is 4.90 Å². The molecule has 2 aromatic rings.